The first kappa shape index (κ1) is 19.9. The van der Waals surface area contributed by atoms with Gasteiger partial charge >= 0.3 is 0 Å². The van der Waals surface area contributed by atoms with Crippen molar-refractivity contribution in [2.24, 2.45) is 0 Å². The fourth-order valence-corrected chi connectivity index (χ4v) is 3.32. The molecule has 0 saturated carbocycles. The topological polar surface area (TPSA) is 66.7 Å². The van der Waals surface area contributed by atoms with E-state index in [-0.39, 0.29) is 23.3 Å². The van der Waals surface area contributed by atoms with E-state index in [9.17, 15) is 9.59 Å². The maximum absolute atomic E-state index is 12.8. The molecule has 0 bridgehead atoms. The second-order valence-corrected chi connectivity index (χ2v) is 6.79. The van der Waals surface area contributed by atoms with Crippen molar-refractivity contribution in [2.75, 3.05) is 19.6 Å². The van der Waals surface area contributed by atoms with Gasteiger partial charge in [0.15, 0.2) is 5.69 Å². The molecule has 0 radical (unpaired) electrons. The van der Waals surface area contributed by atoms with Crippen LogP contribution in [0.1, 0.15) is 40.5 Å². The first-order chi connectivity index (χ1) is 13.5. The number of nitrogens with one attached hydrogen (secondary N) is 1. The molecular weight excluding hydrogens is 376 g/mol. The van der Waals surface area contributed by atoms with Gasteiger partial charge in [0.25, 0.3) is 11.8 Å². The Hall–Kier alpha value is -2.86. The minimum absolute atomic E-state index is 0.191. The largest absolute Gasteiger partial charge is 0.350 e. The Morgan fingerprint density at radius 2 is 1.93 bits per heavy atom. The van der Waals surface area contributed by atoms with E-state index in [1.165, 1.54) is 0 Å². The second kappa shape index (κ2) is 8.89. The van der Waals surface area contributed by atoms with Crippen molar-refractivity contribution in [3.63, 3.8) is 0 Å². The predicted octanol–water partition coefficient (Wildman–Crippen LogP) is 3.44. The van der Waals surface area contributed by atoms with Crippen LogP contribution >= 0.6 is 11.6 Å². The summed E-state index contributed by atoms with van der Waals surface area (Å²) in [6.07, 6.45) is 2.41. The van der Waals surface area contributed by atoms with E-state index in [1.54, 1.807) is 21.6 Å². The van der Waals surface area contributed by atoms with Crippen molar-refractivity contribution in [3.05, 3.63) is 70.8 Å². The van der Waals surface area contributed by atoms with Crippen molar-refractivity contribution in [3.8, 4) is 0 Å². The molecule has 1 N–H and O–H groups in total. The number of hydrogen-bond acceptors (Lipinski definition) is 3. The van der Waals surface area contributed by atoms with Gasteiger partial charge in [-0.05, 0) is 50.1 Å². The van der Waals surface area contributed by atoms with Crippen LogP contribution in [-0.4, -0.2) is 45.7 Å². The van der Waals surface area contributed by atoms with Crippen molar-refractivity contribution in [1.29, 1.82) is 0 Å². The SMILES string of the molecule is CCN(CC)C(=O)c1nc(C(=O)NCCc2cccc(Cl)c2)c2ccccn12. The van der Waals surface area contributed by atoms with Gasteiger partial charge in [-0.15, -0.1) is 0 Å². The lowest BCUT2D eigenvalue weighted by Gasteiger charge is -2.17. The highest BCUT2D eigenvalue weighted by atomic mass is 35.5. The Bertz CT molecular complexity index is 995. The predicted molar refractivity (Wildman–Crippen MR) is 110 cm³/mol. The molecule has 2 heterocycles. The maximum Gasteiger partial charge on any atom is 0.290 e. The molecule has 6 nitrogen and oxygen atoms in total. The molecule has 2 aromatic heterocycles. The number of aromatic nitrogens is 2. The Labute approximate surface area is 169 Å². The van der Waals surface area contributed by atoms with E-state index >= 15 is 0 Å². The van der Waals surface area contributed by atoms with Gasteiger partial charge in [-0.25, -0.2) is 4.98 Å². The van der Waals surface area contributed by atoms with Crippen LogP contribution < -0.4 is 5.32 Å². The van der Waals surface area contributed by atoms with E-state index < -0.39 is 0 Å². The molecular formula is C21H23ClN4O2. The highest BCUT2D eigenvalue weighted by Crippen LogP contribution is 2.15. The first-order valence-electron chi connectivity index (χ1n) is 9.34. The number of nitrogens with zero attached hydrogens (tertiary/aromatic N) is 3. The summed E-state index contributed by atoms with van der Waals surface area (Å²) in [5.41, 5.74) is 1.90. The van der Waals surface area contributed by atoms with E-state index in [2.05, 4.69) is 10.3 Å². The van der Waals surface area contributed by atoms with Crippen LogP contribution in [0.4, 0.5) is 0 Å². The Kier molecular flexibility index (Phi) is 6.31. The zero-order valence-corrected chi connectivity index (χ0v) is 16.7. The van der Waals surface area contributed by atoms with E-state index in [0.717, 1.165) is 5.56 Å². The quantitative estimate of drug-likeness (QED) is 0.662. The molecule has 28 heavy (non-hydrogen) atoms. The molecule has 0 aliphatic carbocycles. The zero-order chi connectivity index (χ0) is 20.1. The summed E-state index contributed by atoms with van der Waals surface area (Å²) in [5, 5.41) is 3.56. The molecule has 0 fully saturated rings. The summed E-state index contributed by atoms with van der Waals surface area (Å²) in [5.74, 6) is -0.243. The Balaban J connectivity index is 1.80. The highest BCUT2D eigenvalue weighted by Gasteiger charge is 2.23. The molecule has 7 heteroatoms. The Morgan fingerprint density at radius 3 is 2.64 bits per heavy atom. The standard InChI is InChI=1S/C21H23ClN4O2/c1-3-25(4-2)21(28)19-24-18(17-10-5-6-13-26(17)19)20(27)23-12-11-15-8-7-9-16(22)14-15/h5-10,13-14H,3-4,11-12H2,1-2H3,(H,23,27). The van der Waals surface area contributed by atoms with Gasteiger partial charge in [-0.1, -0.05) is 29.8 Å². The summed E-state index contributed by atoms with van der Waals surface area (Å²) < 4.78 is 1.67. The van der Waals surface area contributed by atoms with Crippen LogP contribution in [0.25, 0.3) is 5.52 Å². The number of pyridine rings is 1. The molecule has 0 atom stereocenters. The summed E-state index contributed by atoms with van der Waals surface area (Å²) >= 11 is 5.99. The van der Waals surface area contributed by atoms with Gasteiger partial charge in [0.1, 0.15) is 0 Å². The second-order valence-electron chi connectivity index (χ2n) is 6.35. The fraction of sp³-hybridized carbons (Fsp3) is 0.286. The van der Waals surface area contributed by atoms with Crippen LogP contribution in [0.15, 0.2) is 48.7 Å². The summed E-state index contributed by atoms with van der Waals surface area (Å²) in [4.78, 5) is 31.6. The molecule has 2 amide bonds. The van der Waals surface area contributed by atoms with Gasteiger partial charge in [-0.2, -0.15) is 0 Å². The van der Waals surface area contributed by atoms with Gasteiger partial charge in [0.05, 0.1) is 5.52 Å². The number of rotatable bonds is 7. The molecule has 3 aromatic rings. The number of fused-ring (bicyclic) bond motifs is 1. The molecule has 0 aliphatic heterocycles. The fourth-order valence-electron chi connectivity index (χ4n) is 3.10. The molecule has 146 valence electrons. The zero-order valence-electron chi connectivity index (χ0n) is 16.0. The third-order valence-electron chi connectivity index (χ3n) is 4.59. The van der Waals surface area contributed by atoms with Gasteiger partial charge in [-0.3, -0.25) is 14.0 Å². The van der Waals surface area contributed by atoms with Crippen molar-refractivity contribution < 1.29 is 9.59 Å². The average molecular weight is 399 g/mol. The van der Waals surface area contributed by atoms with Crippen LogP contribution in [0.3, 0.4) is 0 Å². The lowest BCUT2D eigenvalue weighted by molar-refractivity contribution is 0.0760. The number of carbonyl (C=O) groups is 2. The van der Waals surface area contributed by atoms with Crippen LogP contribution in [0, 0.1) is 0 Å². The van der Waals surface area contributed by atoms with Crippen LogP contribution in [0.2, 0.25) is 5.02 Å². The minimum atomic E-state index is -0.302. The van der Waals surface area contributed by atoms with Gasteiger partial charge < -0.3 is 10.2 Å². The number of imidazole rings is 1. The van der Waals surface area contributed by atoms with Crippen molar-refractivity contribution in [2.45, 2.75) is 20.3 Å². The number of carbonyl (C=O) groups excluding carboxylic acids is 2. The smallest absolute Gasteiger partial charge is 0.290 e. The van der Waals surface area contributed by atoms with Crippen LogP contribution in [0.5, 0.6) is 0 Å². The van der Waals surface area contributed by atoms with E-state index in [1.807, 2.05) is 50.2 Å². The lowest BCUT2D eigenvalue weighted by Crippen LogP contribution is -2.32. The highest BCUT2D eigenvalue weighted by molar-refractivity contribution is 6.30. The summed E-state index contributed by atoms with van der Waals surface area (Å²) in [6, 6.07) is 13.0. The third kappa shape index (κ3) is 4.17. The monoisotopic (exact) mass is 398 g/mol. The Morgan fingerprint density at radius 1 is 1.14 bits per heavy atom. The van der Waals surface area contributed by atoms with Crippen molar-refractivity contribution >= 4 is 28.9 Å². The van der Waals surface area contributed by atoms with Crippen LogP contribution in [-0.2, 0) is 6.42 Å². The summed E-state index contributed by atoms with van der Waals surface area (Å²) in [6.45, 7) is 5.45. The average Bonchev–Trinajstić information content (AvgIpc) is 3.08. The van der Waals surface area contributed by atoms with Gasteiger partial charge in [0, 0.05) is 30.9 Å². The van der Waals surface area contributed by atoms with Crippen molar-refractivity contribution in [1.82, 2.24) is 19.6 Å². The number of benzene rings is 1. The minimum Gasteiger partial charge on any atom is -0.350 e. The molecule has 3 rings (SSSR count). The van der Waals surface area contributed by atoms with E-state index in [0.29, 0.717) is 36.6 Å². The molecule has 0 unspecified atom stereocenters. The first-order valence-corrected chi connectivity index (χ1v) is 9.72. The molecule has 1 aromatic carbocycles. The normalized spacial score (nSPS) is 10.8. The van der Waals surface area contributed by atoms with Gasteiger partial charge in [0.2, 0.25) is 5.82 Å². The summed E-state index contributed by atoms with van der Waals surface area (Å²) in [7, 11) is 0. The number of halogens is 1. The third-order valence-corrected chi connectivity index (χ3v) is 4.83. The lowest BCUT2D eigenvalue weighted by atomic mass is 10.1. The molecule has 0 saturated heterocycles. The molecule has 0 aliphatic rings. The molecule has 0 spiro atoms. The maximum atomic E-state index is 12.8. The number of amides is 2. The van der Waals surface area contributed by atoms with E-state index in [4.69, 9.17) is 11.6 Å². The number of hydrogen-bond donors (Lipinski definition) is 1.